The molecule has 1 aliphatic heterocycles. The number of halogens is 1. The average molecular weight is 384 g/mol. The number of amides is 1. The number of fused-ring (bicyclic) bond motifs is 1. The predicted molar refractivity (Wildman–Crippen MR) is 105 cm³/mol. The van der Waals surface area contributed by atoms with Gasteiger partial charge in [0.1, 0.15) is 5.75 Å². The fourth-order valence-corrected chi connectivity index (χ4v) is 4.45. The summed E-state index contributed by atoms with van der Waals surface area (Å²) in [6, 6.07) is 19.4. The average Bonchev–Trinajstić information content (AvgIpc) is 3.15. The molecule has 1 aliphatic rings. The zero-order valence-corrected chi connectivity index (χ0v) is 15.7. The molecule has 0 aliphatic carbocycles. The lowest BCUT2D eigenvalue weighted by Gasteiger charge is -2.36. The van der Waals surface area contributed by atoms with Crippen LogP contribution in [0.5, 0.6) is 5.75 Å². The van der Waals surface area contributed by atoms with Crippen LogP contribution in [0.4, 0.5) is 0 Å². The van der Waals surface area contributed by atoms with Crippen molar-refractivity contribution in [2.45, 2.75) is 12.5 Å². The van der Waals surface area contributed by atoms with Gasteiger partial charge in [-0.3, -0.25) is 4.79 Å². The minimum absolute atomic E-state index is 0.00312. The SMILES string of the molecule is O=C(COc1cccc(Cl)c1)N1CCc2sccc2C1c1ccccc1. The summed E-state index contributed by atoms with van der Waals surface area (Å²) in [6.07, 6.45) is 0.888. The van der Waals surface area contributed by atoms with Crippen LogP contribution in [0.25, 0.3) is 0 Å². The zero-order valence-electron chi connectivity index (χ0n) is 14.1. The molecule has 4 rings (SSSR count). The molecule has 0 spiro atoms. The van der Waals surface area contributed by atoms with E-state index >= 15 is 0 Å². The number of rotatable bonds is 4. The highest BCUT2D eigenvalue weighted by Crippen LogP contribution is 2.37. The molecule has 0 fully saturated rings. The van der Waals surface area contributed by atoms with Gasteiger partial charge in [-0.15, -0.1) is 11.3 Å². The van der Waals surface area contributed by atoms with Crippen LogP contribution in [0.1, 0.15) is 22.0 Å². The lowest BCUT2D eigenvalue weighted by molar-refractivity contribution is -0.135. The molecular weight excluding hydrogens is 366 g/mol. The first kappa shape index (κ1) is 17.1. The molecule has 1 atom stereocenters. The fourth-order valence-electron chi connectivity index (χ4n) is 3.36. The van der Waals surface area contributed by atoms with Crippen LogP contribution in [-0.2, 0) is 11.2 Å². The number of carbonyl (C=O) groups excluding carboxylic acids is 1. The number of ether oxygens (including phenoxy) is 1. The number of hydrogen-bond acceptors (Lipinski definition) is 3. The molecular formula is C21H18ClNO2S. The van der Waals surface area contributed by atoms with E-state index in [-0.39, 0.29) is 18.6 Å². The Morgan fingerprint density at radius 2 is 2.00 bits per heavy atom. The van der Waals surface area contributed by atoms with Crippen molar-refractivity contribution in [2.75, 3.05) is 13.2 Å². The molecule has 0 radical (unpaired) electrons. The molecule has 3 nitrogen and oxygen atoms in total. The number of hydrogen-bond donors (Lipinski definition) is 0. The summed E-state index contributed by atoms with van der Waals surface area (Å²) in [5.74, 6) is 0.589. The minimum atomic E-state index is -0.0540. The summed E-state index contributed by atoms with van der Waals surface area (Å²) in [5, 5.41) is 2.70. The highest BCUT2D eigenvalue weighted by Gasteiger charge is 2.32. The number of carbonyl (C=O) groups is 1. The topological polar surface area (TPSA) is 29.5 Å². The largest absolute Gasteiger partial charge is 0.484 e. The molecule has 0 bridgehead atoms. The molecule has 0 N–H and O–H groups in total. The molecule has 2 heterocycles. The van der Waals surface area contributed by atoms with Crippen LogP contribution in [0.2, 0.25) is 5.02 Å². The Morgan fingerprint density at radius 3 is 2.81 bits per heavy atom. The Morgan fingerprint density at radius 1 is 1.15 bits per heavy atom. The quantitative estimate of drug-likeness (QED) is 0.637. The van der Waals surface area contributed by atoms with Gasteiger partial charge in [0.2, 0.25) is 0 Å². The van der Waals surface area contributed by atoms with E-state index in [0.717, 1.165) is 12.0 Å². The maximum atomic E-state index is 12.9. The van der Waals surface area contributed by atoms with Gasteiger partial charge in [0.15, 0.2) is 6.61 Å². The second-order valence-electron chi connectivity index (χ2n) is 6.20. The number of nitrogens with zero attached hydrogens (tertiary/aromatic N) is 1. The smallest absolute Gasteiger partial charge is 0.261 e. The highest BCUT2D eigenvalue weighted by molar-refractivity contribution is 7.10. The normalized spacial score (nSPS) is 16.2. The van der Waals surface area contributed by atoms with Crippen LogP contribution >= 0.6 is 22.9 Å². The van der Waals surface area contributed by atoms with Gasteiger partial charge in [-0.05, 0) is 47.2 Å². The summed E-state index contributed by atoms with van der Waals surface area (Å²) in [4.78, 5) is 16.2. The fraction of sp³-hybridized carbons (Fsp3) is 0.190. The molecule has 132 valence electrons. The molecule has 26 heavy (non-hydrogen) atoms. The van der Waals surface area contributed by atoms with Crippen molar-refractivity contribution in [2.24, 2.45) is 0 Å². The number of thiophene rings is 1. The van der Waals surface area contributed by atoms with E-state index in [2.05, 4.69) is 23.6 Å². The maximum Gasteiger partial charge on any atom is 0.261 e. The van der Waals surface area contributed by atoms with Gasteiger partial charge in [0.25, 0.3) is 5.91 Å². The van der Waals surface area contributed by atoms with Gasteiger partial charge in [0, 0.05) is 16.4 Å². The summed E-state index contributed by atoms with van der Waals surface area (Å²) in [5.41, 5.74) is 2.35. The first-order valence-corrected chi connectivity index (χ1v) is 9.77. The van der Waals surface area contributed by atoms with E-state index in [0.29, 0.717) is 17.3 Å². The Labute approximate surface area is 161 Å². The minimum Gasteiger partial charge on any atom is -0.484 e. The predicted octanol–water partition coefficient (Wildman–Crippen LogP) is 4.95. The lowest BCUT2D eigenvalue weighted by Crippen LogP contribution is -2.42. The first-order chi connectivity index (χ1) is 12.7. The summed E-state index contributed by atoms with van der Waals surface area (Å²) < 4.78 is 5.68. The van der Waals surface area contributed by atoms with Crippen LogP contribution < -0.4 is 4.74 Å². The van der Waals surface area contributed by atoms with E-state index in [9.17, 15) is 4.79 Å². The second kappa shape index (κ2) is 7.52. The molecule has 3 aromatic rings. The standard InChI is InChI=1S/C21H18ClNO2S/c22-16-7-4-8-17(13-16)25-14-20(24)23-11-9-19-18(10-12-26-19)21(23)15-5-2-1-3-6-15/h1-8,10,12-13,21H,9,11,14H2. The van der Waals surface area contributed by atoms with Crippen LogP contribution in [-0.4, -0.2) is 24.0 Å². The van der Waals surface area contributed by atoms with E-state index in [1.807, 2.05) is 29.2 Å². The van der Waals surface area contributed by atoms with Crippen LogP contribution in [0.15, 0.2) is 66.0 Å². The molecule has 0 saturated carbocycles. The molecule has 1 amide bonds. The van der Waals surface area contributed by atoms with Crippen LogP contribution in [0, 0.1) is 0 Å². The molecule has 1 aromatic heterocycles. The molecule has 5 heteroatoms. The summed E-state index contributed by atoms with van der Waals surface area (Å²) >= 11 is 7.75. The van der Waals surface area contributed by atoms with Crippen molar-refractivity contribution in [1.29, 1.82) is 0 Å². The van der Waals surface area contributed by atoms with E-state index < -0.39 is 0 Å². The third-order valence-electron chi connectivity index (χ3n) is 4.56. The first-order valence-electron chi connectivity index (χ1n) is 8.51. The van der Waals surface area contributed by atoms with Gasteiger partial charge < -0.3 is 9.64 Å². The molecule has 2 aromatic carbocycles. The summed E-state index contributed by atoms with van der Waals surface area (Å²) in [6.45, 7) is 0.702. The Bertz CT molecular complexity index is 909. The van der Waals surface area contributed by atoms with Crippen LogP contribution in [0.3, 0.4) is 0 Å². The van der Waals surface area contributed by atoms with Crippen molar-refractivity contribution in [3.63, 3.8) is 0 Å². The van der Waals surface area contributed by atoms with Gasteiger partial charge in [0.05, 0.1) is 6.04 Å². The summed E-state index contributed by atoms with van der Waals surface area (Å²) in [7, 11) is 0. The van der Waals surface area contributed by atoms with Crippen molar-refractivity contribution in [3.05, 3.63) is 87.1 Å². The third kappa shape index (κ3) is 3.48. The van der Waals surface area contributed by atoms with E-state index in [1.54, 1.807) is 29.5 Å². The number of benzene rings is 2. The lowest BCUT2D eigenvalue weighted by atomic mass is 9.93. The van der Waals surface area contributed by atoms with Crippen molar-refractivity contribution in [1.82, 2.24) is 4.90 Å². The Kier molecular flexibility index (Phi) is 4.96. The van der Waals surface area contributed by atoms with Gasteiger partial charge >= 0.3 is 0 Å². The molecule has 0 saturated heterocycles. The zero-order chi connectivity index (χ0) is 17.9. The highest BCUT2D eigenvalue weighted by atomic mass is 35.5. The van der Waals surface area contributed by atoms with Crippen molar-refractivity contribution >= 4 is 28.8 Å². The van der Waals surface area contributed by atoms with Gasteiger partial charge in [-0.2, -0.15) is 0 Å². The Balaban J connectivity index is 1.57. The van der Waals surface area contributed by atoms with Crippen molar-refractivity contribution in [3.8, 4) is 5.75 Å². The maximum absolute atomic E-state index is 12.9. The van der Waals surface area contributed by atoms with E-state index in [1.165, 1.54) is 10.4 Å². The monoisotopic (exact) mass is 383 g/mol. The Hall–Kier alpha value is -2.30. The van der Waals surface area contributed by atoms with E-state index in [4.69, 9.17) is 16.3 Å². The van der Waals surface area contributed by atoms with Gasteiger partial charge in [-0.25, -0.2) is 0 Å². The third-order valence-corrected chi connectivity index (χ3v) is 5.79. The second-order valence-corrected chi connectivity index (χ2v) is 7.63. The van der Waals surface area contributed by atoms with Crippen molar-refractivity contribution < 1.29 is 9.53 Å². The molecule has 1 unspecified atom stereocenters. The van der Waals surface area contributed by atoms with Gasteiger partial charge in [-0.1, -0.05) is 48.0 Å².